The second-order valence-electron chi connectivity index (χ2n) is 4.96. The first kappa shape index (κ1) is 12.5. The molecular weight excluding hydrogens is 258 g/mol. The summed E-state index contributed by atoms with van der Waals surface area (Å²) in [6.07, 6.45) is 1.23. The molecule has 2 aromatic rings. The number of fused-ring (bicyclic) bond motifs is 1. The van der Waals surface area contributed by atoms with E-state index in [-0.39, 0.29) is 6.10 Å². The molecule has 2 N–H and O–H groups in total. The number of rotatable bonds is 2. The molecule has 1 heterocycles. The quantitative estimate of drug-likeness (QED) is 0.904. The van der Waals surface area contributed by atoms with Gasteiger partial charge in [-0.15, -0.1) is 0 Å². The second-order valence-corrected chi connectivity index (χ2v) is 5.40. The Morgan fingerprint density at radius 2 is 2.11 bits per heavy atom. The predicted molar refractivity (Wildman–Crippen MR) is 78.6 cm³/mol. The number of nitrogens with two attached hydrogens (primary N) is 1. The summed E-state index contributed by atoms with van der Waals surface area (Å²) in [6.45, 7) is 2.58. The first-order chi connectivity index (χ1) is 9.17. The summed E-state index contributed by atoms with van der Waals surface area (Å²) in [7, 11) is 0. The second kappa shape index (κ2) is 4.87. The lowest BCUT2D eigenvalue weighted by atomic mass is 9.97. The van der Waals surface area contributed by atoms with Crippen molar-refractivity contribution in [1.29, 1.82) is 0 Å². The maximum absolute atomic E-state index is 6.02. The Balaban J connectivity index is 2.06. The number of benzene rings is 2. The Kier molecular flexibility index (Phi) is 3.21. The summed E-state index contributed by atoms with van der Waals surface area (Å²) in [4.78, 5) is 0. The van der Waals surface area contributed by atoms with Gasteiger partial charge in [-0.05, 0) is 53.4 Å². The van der Waals surface area contributed by atoms with Crippen LogP contribution in [0, 0.1) is 0 Å². The van der Waals surface area contributed by atoms with Crippen molar-refractivity contribution >= 4 is 11.6 Å². The van der Waals surface area contributed by atoms with Crippen molar-refractivity contribution in [3.63, 3.8) is 0 Å². The average molecular weight is 274 g/mol. The van der Waals surface area contributed by atoms with Crippen molar-refractivity contribution in [2.75, 3.05) is 0 Å². The maximum atomic E-state index is 6.02. The van der Waals surface area contributed by atoms with Crippen molar-refractivity contribution in [3.8, 4) is 16.9 Å². The van der Waals surface area contributed by atoms with Gasteiger partial charge < -0.3 is 10.5 Å². The van der Waals surface area contributed by atoms with Crippen LogP contribution in [0.15, 0.2) is 36.4 Å². The van der Waals surface area contributed by atoms with E-state index in [9.17, 15) is 0 Å². The summed E-state index contributed by atoms with van der Waals surface area (Å²) < 4.78 is 5.73. The highest BCUT2D eigenvalue weighted by atomic mass is 35.5. The Morgan fingerprint density at radius 1 is 1.26 bits per heavy atom. The molecule has 0 aliphatic carbocycles. The summed E-state index contributed by atoms with van der Waals surface area (Å²) in [5.74, 6) is 1.000. The van der Waals surface area contributed by atoms with Gasteiger partial charge in [0, 0.05) is 18.0 Å². The van der Waals surface area contributed by atoms with Crippen LogP contribution in [0.1, 0.15) is 18.1 Å². The highest BCUT2D eigenvalue weighted by molar-refractivity contribution is 6.30. The molecule has 0 radical (unpaired) electrons. The van der Waals surface area contributed by atoms with Crippen LogP contribution < -0.4 is 10.5 Å². The van der Waals surface area contributed by atoms with Gasteiger partial charge in [-0.3, -0.25) is 0 Å². The molecule has 0 bridgehead atoms. The standard InChI is InChI=1S/C16H16ClNO/c1-10-6-12-7-11(2-5-16(12)19-10)15-4-3-14(17)8-13(15)9-18/h2-5,7-8,10H,6,9,18H2,1H3. The molecule has 19 heavy (non-hydrogen) atoms. The highest BCUT2D eigenvalue weighted by Gasteiger charge is 2.19. The minimum absolute atomic E-state index is 0.268. The first-order valence-corrected chi connectivity index (χ1v) is 6.83. The first-order valence-electron chi connectivity index (χ1n) is 6.46. The van der Waals surface area contributed by atoms with Crippen molar-refractivity contribution < 1.29 is 4.74 Å². The summed E-state index contributed by atoms with van der Waals surface area (Å²) in [5.41, 5.74) is 10.5. The average Bonchev–Trinajstić information content (AvgIpc) is 2.77. The molecule has 3 rings (SSSR count). The van der Waals surface area contributed by atoms with Crippen LogP contribution in [0.2, 0.25) is 5.02 Å². The fourth-order valence-corrected chi connectivity index (χ4v) is 2.80. The molecule has 0 fully saturated rings. The van der Waals surface area contributed by atoms with Crippen molar-refractivity contribution in [2.45, 2.75) is 26.0 Å². The van der Waals surface area contributed by atoms with Crippen LogP contribution in [0.3, 0.4) is 0 Å². The molecule has 1 atom stereocenters. The van der Waals surface area contributed by atoms with E-state index < -0.39 is 0 Å². The number of hydrogen-bond acceptors (Lipinski definition) is 2. The van der Waals surface area contributed by atoms with Gasteiger partial charge in [0.15, 0.2) is 0 Å². The molecule has 0 aromatic heterocycles. The van der Waals surface area contributed by atoms with E-state index in [1.807, 2.05) is 24.3 Å². The summed E-state index contributed by atoms with van der Waals surface area (Å²) >= 11 is 6.02. The monoisotopic (exact) mass is 273 g/mol. The van der Waals surface area contributed by atoms with Crippen LogP contribution in [0.5, 0.6) is 5.75 Å². The van der Waals surface area contributed by atoms with Crippen molar-refractivity contribution in [3.05, 3.63) is 52.5 Å². The topological polar surface area (TPSA) is 35.2 Å². The lowest BCUT2D eigenvalue weighted by molar-refractivity contribution is 0.254. The number of halogens is 1. The third-order valence-corrected chi connectivity index (χ3v) is 3.73. The van der Waals surface area contributed by atoms with E-state index in [2.05, 4.69) is 19.1 Å². The maximum Gasteiger partial charge on any atom is 0.123 e. The zero-order valence-electron chi connectivity index (χ0n) is 10.8. The molecule has 1 aliphatic heterocycles. The SMILES string of the molecule is CC1Cc2cc(-c3ccc(Cl)cc3CN)ccc2O1. The Labute approximate surface area is 118 Å². The molecule has 98 valence electrons. The van der Waals surface area contributed by atoms with E-state index >= 15 is 0 Å². The van der Waals surface area contributed by atoms with E-state index in [0.717, 1.165) is 28.3 Å². The molecule has 3 heteroatoms. The van der Waals surface area contributed by atoms with Gasteiger partial charge >= 0.3 is 0 Å². The van der Waals surface area contributed by atoms with Crippen LogP contribution in [0.4, 0.5) is 0 Å². The van der Waals surface area contributed by atoms with Crippen molar-refractivity contribution in [1.82, 2.24) is 0 Å². The highest BCUT2D eigenvalue weighted by Crippen LogP contribution is 2.34. The third kappa shape index (κ3) is 2.34. The van der Waals surface area contributed by atoms with Gasteiger partial charge in [0.05, 0.1) is 0 Å². The van der Waals surface area contributed by atoms with Gasteiger partial charge in [-0.2, -0.15) is 0 Å². The predicted octanol–water partition coefficient (Wildman–Crippen LogP) is 3.79. The molecule has 1 aliphatic rings. The van der Waals surface area contributed by atoms with E-state index in [1.165, 1.54) is 11.1 Å². The molecule has 0 saturated heterocycles. The van der Waals surface area contributed by atoms with E-state index in [0.29, 0.717) is 6.54 Å². The minimum atomic E-state index is 0.268. The summed E-state index contributed by atoms with van der Waals surface area (Å²) in [5, 5.41) is 0.724. The third-order valence-electron chi connectivity index (χ3n) is 3.49. The smallest absolute Gasteiger partial charge is 0.123 e. The fourth-order valence-electron chi connectivity index (χ4n) is 2.60. The number of hydrogen-bond donors (Lipinski definition) is 1. The van der Waals surface area contributed by atoms with Gasteiger partial charge in [0.25, 0.3) is 0 Å². The van der Waals surface area contributed by atoms with Gasteiger partial charge in [-0.1, -0.05) is 23.7 Å². The molecule has 2 aromatic carbocycles. The lowest BCUT2D eigenvalue weighted by Gasteiger charge is -2.10. The molecule has 1 unspecified atom stereocenters. The zero-order valence-corrected chi connectivity index (χ0v) is 11.6. The molecule has 0 amide bonds. The number of ether oxygens (including phenoxy) is 1. The largest absolute Gasteiger partial charge is 0.490 e. The molecule has 0 spiro atoms. The van der Waals surface area contributed by atoms with Crippen LogP contribution in [-0.4, -0.2) is 6.10 Å². The lowest BCUT2D eigenvalue weighted by Crippen LogP contribution is -2.05. The summed E-state index contributed by atoms with van der Waals surface area (Å²) in [6, 6.07) is 12.2. The van der Waals surface area contributed by atoms with Crippen molar-refractivity contribution in [2.24, 2.45) is 5.73 Å². The van der Waals surface area contributed by atoms with E-state index in [4.69, 9.17) is 22.1 Å². The zero-order chi connectivity index (χ0) is 13.4. The Bertz CT molecular complexity index is 624. The molecule has 0 saturated carbocycles. The molecular formula is C16H16ClNO. The Morgan fingerprint density at radius 3 is 2.89 bits per heavy atom. The van der Waals surface area contributed by atoms with Crippen LogP contribution in [0.25, 0.3) is 11.1 Å². The minimum Gasteiger partial charge on any atom is -0.490 e. The normalized spacial score (nSPS) is 17.1. The van der Waals surface area contributed by atoms with Gasteiger partial charge in [0.2, 0.25) is 0 Å². The van der Waals surface area contributed by atoms with Crippen LogP contribution >= 0.6 is 11.6 Å². The Hall–Kier alpha value is -1.51. The molecule has 2 nitrogen and oxygen atoms in total. The van der Waals surface area contributed by atoms with E-state index in [1.54, 1.807) is 0 Å². The fraction of sp³-hybridized carbons (Fsp3) is 0.250. The van der Waals surface area contributed by atoms with Crippen LogP contribution in [-0.2, 0) is 13.0 Å². The van der Waals surface area contributed by atoms with Gasteiger partial charge in [-0.25, -0.2) is 0 Å². The van der Waals surface area contributed by atoms with Gasteiger partial charge in [0.1, 0.15) is 11.9 Å².